The molecule has 6 heteroatoms. The number of amides is 1. The molecule has 376 valence electrons. The van der Waals surface area contributed by atoms with E-state index in [0.29, 0.717) is 19.4 Å². The van der Waals surface area contributed by atoms with E-state index in [1.165, 1.54) is 186 Å². The Balaban J connectivity index is 3.54. The molecule has 1 amide bonds. The fraction of sp³-hybridized carbons (Fsp3) is 0.862. The van der Waals surface area contributed by atoms with Gasteiger partial charge in [-0.05, 0) is 89.9 Å². The highest BCUT2D eigenvalue weighted by atomic mass is 16.5. The summed E-state index contributed by atoms with van der Waals surface area (Å²) in [4.78, 5) is 24.5. The monoisotopic (exact) mass is 900 g/mol. The quantitative estimate of drug-likeness (QED) is 0.0321. The van der Waals surface area contributed by atoms with Gasteiger partial charge < -0.3 is 20.3 Å². The lowest BCUT2D eigenvalue weighted by molar-refractivity contribution is -0.143. The van der Waals surface area contributed by atoms with E-state index in [1.54, 1.807) is 6.08 Å². The van der Waals surface area contributed by atoms with E-state index in [0.717, 1.165) is 83.5 Å². The van der Waals surface area contributed by atoms with Crippen LogP contribution in [0, 0.1) is 0 Å². The third-order valence-electron chi connectivity index (χ3n) is 12.9. The third-order valence-corrected chi connectivity index (χ3v) is 12.9. The Morgan fingerprint density at radius 1 is 0.422 bits per heavy atom. The molecule has 0 heterocycles. The molecule has 6 nitrogen and oxygen atoms in total. The minimum absolute atomic E-state index is 0.0328. The van der Waals surface area contributed by atoms with Crippen molar-refractivity contribution in [2.45, 2.75) is 309 Å². The summed E-state index contributed by atoms with van der Waals surface area (Å²) in [5.74, 6) is -0.125. The molecular formula is C58H109NO5. The summed E-state index contributed by atoms with van der Waals surface area (Å²) in [5, 5.41) is 23.1. The molecule has 64 heavy (non-hydrogen) atoms. The number of hydrogen-bond donors (Lipinski definition) is 3. The molecule has 0 aromatic carbocycles. The van der Waals surface area contributed by atoms with Crippen molar-refractivity contribution in [3.05, 3.63) is 36.5 Å². The average molecular weight is 901 g/mol. The number of aliphatic hydroxyl groups is 2. The fourth-order valence-electron chi connectivity index (χ4n) is 8.50. The van der Waals surface area contributed by atoms with Gasteiger partial charge in [0.1, 0.15) is 0 Å². The molecule has 2 unspecified atom stereocenters. The molecule has 2 atom stereocenters. The lowest BCUT2D eigenvalue weighted by atomic mass is 10.0. The number of esters is 1. The first-order valence-electron chi connectivity index (χ1n) is 28.3. The van der Waals surface area contributed by atoms with Gasteiger partial charge in [0.2, 0.25) is 5.91 Å². The van der Waals surface area contributed by atoms with Crippen molar-refractivity contribution >= 4 is 11.9 Å². The van der Waals surface area contributed by atoms with E-state index >= 15 is 0 Å². The Morgan fingerprint density at radius 2 is 0.734 bits per heavy atom. The van der Waals surface area contributed by atoms with Crippen molar-refractivity contribution in [2.24, 2.45) is 0 Å². The van der Waals surface area contributed by atoms with Gasteiger partial charge in [0, 0.05) is 12.8 Å². The van der Waals surface area contributed by atoms with Crippen LogP contribution in [0.1, 0.15) is 296 Å². The van der Waals surface area contributed by atoms with E-state index < -0.39 is 12.1 Å². The zero-order valence-electron chi connectivity index (χ0n) is 42.8. The van der Waals surface area contributed by atoms with Crippen LogP contribution < -0.4 is 5.32 Å². The summed E-state index contributed by atoms with van der Waals surface area (Å²) in [6.07, 6.45) is 65.9. The number of hydrogen-bond acceptors (Lipinski definition) is 5. The summed E-state index contributed by atoms with van der Waals surface area (Å²) in [5.41, 5.74) is 0. The Hall–Kier alpha value is -1.92. The van der Waals surface area contributed by atoms with E-state index in [-0.39, 0.29) is 18.5 Å². The van der Waals surface area contributed by atoms with Gasteiger partial charge in [-0.1, -0.05) is 230 Å². The molecule has 0 rings (SSSR count). The van der Waals surface area contributed by atoms with Crippen LogP contribution in [0.5, 0.6) is 0 Å². The number of allylic oxidation sites excluding steroid dienone is 5. The molecule has 0 aromatic heterocycles. The standard InChI is InChI=1S/C58H109NO5/c1-3-5-7-9-11-13-15-17-19-20-21-22-23-24-25-26-30-34-38-42-46-50-56(61)55(54-60)59-57(62)51-47-43-39-35-31-28-29-33-37-41-45-49-53-64-58(63)52-48-44-40-36-32-27-18-16-14-12-10-8-6-4-2/h16,18,29,33,46,50,55-56,60-61H,3-15,17,19-28,30-32,34-45,47-49,51-54H2,1-2H3,(H,59,62)/b18-16-,33-29-,50-46+. The van der Waals surface area contributed by atoms with E-state index in [9.17, 15) is 19.8 Å². The second kappa shape index (κ2) is 53.7. The highest BCUT2D eigenvalue weighted by Gasteiger charge is 2.18. The summed E-state index contributed by atoms with van der Waals surface area (Å²) in [6, 6.07) is -0.648. The van der Waals surface area contributed by atoms with Gasteiger partial charge in [-0.2, -0.15) is 0 Å². The van der Waals surface area contributed by atoms with Crippen molar-refractivity contribution < 1.29 is 24.5 Å². The van der Waals surface area contributed by atoms with E-state index in [1.807, 2.05) is 6.08 Å². The van der Waals surface area contributed by atoms with Crippen LogP contribution in [0.2, 0.25) is 0 Å². The van der Waals surface area contributed by atoms with Crippen LogP contribution in [0.25, 0.3) is 0 Å². The highest BCUT2D eigenvalue weighted by molar-refractivity contribution is 5.76. The lowest BCUT2D eigenvalue weighted by Gasteiger charge is -2.20. The number of carbonyl (C=O) groups excluding carboxylic acids is 2. The fourth-order valence-corrected chi connectivity index (χ4v) is 8.50. The Labute approximate surface area is 398 Å². The van der Waals surface area contributed by atoms with Gasteiger partial charge in [0.25, 0.3) is 0 Å². The highest BCUT2D eigenvalue weighted by Crippen LogP contribution is 2.16. The topological polar surface area (TPSA) is 95.9 Å². The van der Waals surface area contributed by atoms with Crippen LogP contribution in [0.3, 0.4) is 0 Å². The molecule has 0 bridgehead atoms. The number of ether oxygens (including phenoxy) is 1. The first-order valence-corrected chi connectivity index (χ1v) is 28.3. The molecule has 0 saturated carbocycles. The van der Waals surface area contributed by atoms with Gasteiger partial charge >= 0.3 is 5.97 Å². The minimum Gasteiger partial charge on any atom is -0.466 e. The summed E-state index contributed by atoms with van der Waals surface area (Å²) >= 11 is 0. The summed E-state index contributed by atoms with van der Waals surface area (Å²) < 4.78 is 5.44. The molecule has 0 aliphatic carbocycles. The molecule has 0 spiro atoms. The average Bonchev–Trinajstić information content (AvgIpc) is 3.29. The van der Waals surface area contributed by atoms with E-state index in [2.05, 4.69) is 43.5 Å². The second-order valence-electron chi connectivity index (χ2n) is 19.3. The van der Waals surface area contributed by atoms with Gasteiger partial charge in [0.15, 0.2) is 0 Å². The van der Waals surface area contributed by atoms with E-state index in [4.69, 9.17) is 4.74 Å². The SMILES string of the molecule is CCCCCCC/C=C\CCCCCCCC(=O)OCCCCC/C=C\CCCCCCCC(=O)NC(CO)C(O)/C=C/CCCCCCCCCCCCCCCCCCCCC. The normalized spacial score (nSPS) is 12.9. The molecule has 0 aliphatic heterocycles. The van der Waals surface area contributed by atoms with Crippen molar-refractivity contribution in [1.29, 1.82) is 0 Å². The molecule has 0 aromatic rings. The maximum atomic E-state index is 12.5. The first kappa shape index (κ1) is 62.1. The molecule has 0 saturated heterocycles. The predicted octanol–water partition coefficient (Wildman–Crippen LogP) is 17.2. The van der Waals surface area contributed by atoms with Crippen molar-refractivity contribution in [3.63, 3.8) is 0 Å². The van der Waals surface area contributed by atoms with Gasteiger partial charge in [-0.3, -0.25) is 9.59 Å². The maximum Gasteiger partial charge on any atom is 0.305 e. The van der Waals surface area contributed by atoms with Crippen LogP contribution >= 0.6 is 0 Å². The van der Waals surface area contributed by atoms with Gasteiger partial charge in [0.05, 0.1) is 25.4 Å². The Morgan fingerprint density at radius 3 is 1.11 bits per heavy atom. The minimum atomic E-state index is -0.862. The molecular weight excluding hydrogens is 791 g/mol. The number of rotatable bonds is 52. The number of unbranched alkanes of at least 4 members (excludes halogenated alkanes) is 37. The summed E-state index contributed by atoms with van der Waals surface area (Å²) in [7, 11) is 0. The second-order valence-corrected chi connectivity index (χ2v) is 19.3. The smallest absolute Gasteiger partial charge is 0.305 e. The molecule has 0 radical (unpaired) electrons. The zero-order valence-corrected chi connectivity index (χ0v) is 42.8. The number of carbonyl (C=O) groups is 2. The largest absolute Gasteiger partial charge is 0.466 e. The third kappa shape index (κ3) is 49.5. The van der Waals surface area contributed by atoms with Gasteiger partial charge in [-0.25, -0.2) is 0 Å². The van der Waals surface area contributed by atoms with Crippen molar-refractivity contribution in [1.82, 2.24) is 5.32 Å². The maximum absolute atomic E-state index is 12.5. The van der Waals surface area contributed by atoms with Crippen molar-refractivity contribution in [3.8, 4) is 0 Å². The zero-order chi connectivity index (χ0) is 46.5. The molecule has 0 aliphatic rings. The molecule has 3 N–H and O–H groups in total. The Bertz CT molecular complexity index is 1040. The molecule has 0 fully saturated rings. The number of aliphatic hydroxyl groups excluding tert-OH is 2. The van der Waals surface area contributed by atoms with Crippen molar-refractivity contribution in [2.75, 3.05) is 13.2 Å². The van der Waals surface area contributed by atoms with Crippen LogP contribution in [-0.2, 0) is 14.3 Å². The predicted molar refractivity (Wildman–Crippen MR) is 278 cm³/mol. The van der Waals surface area contributed by atoms with Crippen LogP contribution in [0.4, 0.5) is 0 Å². The van der Waals surface area contributed by atoms with Gasteiger partial charge in [-0.15, -0.1) is 0 Å². The number of nitrogens with one attached hydrogen (secondary N) is 1. The van der Waals surface area contributed by atoms with Crippen LogP contribution in [-0.4, -0.2) is 47.4 Å². The Kier molecular flexibility index (Phi) is 52.1. The lowest BCUT2D eigenvalue weighted by Crippen LogP contribution is -2.45. The first-order chi connectivity index (χ1) is 31.5. The summed E-state index contributed by atoms with van der Waals surface area (Å²) in [6.45, 7) is 4.84. The van der Waals surface area contributed by atoms with Crippen LogP contribution in [0.15, 0.2) is 36.5 Å².